The summed E-state index contributed by atoms with van der Waals surface area (Å²) in [5.74, 6) is 6.21. The highest BCUT2D eigenvalue weighted by Gasteiger charge is 2.52. The molecule has 1 radical (unpaired) electrons. The van der Waals surface area contributed by atoms with Gasteiger partial charge in [0.15, 0.2) is 0 Å². The Labute approximate surface area is 146 Å². The SMILES string of the molecule is C[Si](C)OCC#Cc1ccc(Cl)cc1B1OC(C)(C)C(C)(C)O1. The van der Waals surface area contributed by atoms with Crippen molar-refractivity contribution >= 4 is 33.2 Å². The van der Waals surface area contributed by atoms with E-state index in [0.717, 1.165) is 11.0 Å². The molecule has 0 N–H and O–H groups in total. The predicted molar refractivity (Wildman–Crippen MR) is 97.5 cm³/mol. The Bertz CT molecular complexity index is 618. The van der Waals surface area contributed by atoms with Gasteiger partial charge in [0, 0.05) is 10.6 Å². The molecule has 0 aromatic heterocycles. The summed E-state index contributed by atoms with van der Waals surface area (Å²) in [4.78, 5) is 0. The molecule has 0 saturated carbocycles. The van der Waals surface area contributed by atoms with Crippen molar-refractivity contribution in [2.24, 2.45) is 0 Å². The highest BCUT2D eigenvalue weighted by molar-refractivity contribution is 6.63. The van der Waals surface area contributed by atoms with Crippen molar-refractivity contribution in [2.45, 2.75) is 52.0 Å². The lowest BCUT2D eigenvalue weighted by molar-refractivity contribution is 0.00578. The lowest BCUT2D eigenvalue weighted by Gasteiger charge is -2.32. The fourth-order valence-corrected chi connectivity index (χ4v) is 2.67. The Morgan fingerprint density at radius 3 is 2.35 bits per heavy atom. The Kier molecular flexibility index (Phi) is 5.65. The maximum absolute atomic E-state index is 6.16. The molecular weight excluding hydrogens is 327 g/mol. The molecule has 0 spiro atoms. The third-order valence-electron chi connectivity index (χ3n) is 4.18. The largest absolute Gasteiger partial charge is 0.496 e. The molecule has 23 heavy (non-hydrogen) atoms. The summed E-state index contributed by atoms with van der Waals surface area (Å²) in [5.41, 5.74) is 0.935. The van der Waals surface area contributed by atoms with Crippen LogP contribution in [-0.2, 0) is 13.7 Å². The van der Waals surface area contributed by atoms with E-state index in [0.29, 0.717) is 11.6 Å². The van der Waals surface area contributed by atoms with Crippen LogP contribution < -0.4 is 5.46 Å². The van der Waals surface area contributed by atoms with Crippen LogP contribution in [0.15, 0.2) is 18.2 Å². The van der Waals surface area contributed by atoms with E-state index in [1.54, 1.807) is 0 Å². The maximum Gasteiger partial charge on any atom is 0.496 e. The van der Waals surface area contributed by atoms with E-state index in [4.69, 9.17) is 25.3 Å². The molecule has 1 aliphatic heterocycles. The zero-order chi connectivity index (χ0) is 17.3. The van der Waals surface area contributed by atoms with Crippen LogP contribution in [0.1, 0.15) is 33.3 Å². The summed E-state index contributed by atoms with van der Waals surface area (Å²) in [6.45, 7) is 12.7. The highest BCUT2D eigenvalue weighted by atomic mass is 35.5. The van der Waals surface area contributed by atoms with E-state index in [-0.39, 0.29) is 0 Å². The number of hydrogen-bond donors (Lipinski definition) is 0. The average molecular weight is 350 g/mol. The van der Waals surface area contributed by atoms with Gasteiger partial charge in [-0.2, -0.15) is 0 Å². The molecule has 1 aromatic carbocycles. The fraction of sp³-hybridized carbons (Fsp3) is 0.529. The number of hydrogen-bond acceptors (Lipinski definition) is 3. The zero-order valence-electron chi connectivity index (χ0n) is 14.6. The van der Waals surface area contributed by atoms with Crippen molar-refractivity contribution in [3.63, 3.8) is 0 Å². The average Bonchev–Trinajstić information content (AvgIpc) is 2.64. The highest BCUT2D eigenvalue weighted by Crippen LogP contribution is 2.36. The van der Waals surface area contributed by atoms with Gasteiger partial charge in [0.25, 0.3) is 0 Å². The summed E-state index contributed by atoms with van der Waals surface area (Å²) < 4.78 is 17.8. The fourth-order valence-electron chi connectivity index (χ4n) is 2.12. The molecule has 0 atom stereocenters. The van der Waals surface area contributed by atoms with Crippen molar-refractivity contribution in [3.8, 4) is 11.8 Å². The molecule has 1 fully saturated rings. The molecule has 1 saturated heterocycles. The van der Waals surface area contributed by atoms with Crippen LogP contribution in [0, 0.1) is 11.8 Å². The molecule has 0 bridgehead atoms. The summed E-state index contributed by atoms with van der Waals surface area (Å²) in [7, 11) is -1.20. The Morgan fingerprint density at radius 1 is 1.17 bits per heavy atom. The molecule has 0 amide bonds. The molecule has 3 nitrogen and oxygen atoms in total. The van der Waals surface area contributed by atoms with E-state index in [2.05, 4.69) is 24.9 Å². The molecule has 0 aliphatic carbocycles. The van der Waals surface area contributed by atoms with Crippen LogP contribution in [-0.4, -0.2) is 34.0 Å². The van der Waals surface area contributed by atoms with E-state index in [1.807, 2.05) is 45.9 Å². The van der Waals surface area contributed by atoms with Gasteiger partial charge in [-0.3, -0.25) is 0 Å². The van der Waals surface area contributed by atoms with Crippen molar-refractivity contribution in [2.75, 3.05) is 6.61 Å². The predicted octanol–water partition coefficient (Wildman–Crippen LogP) is 3.26. The van der Waals surface area contributed by atoms with Gasteiger partial charge < -0.3 is 13.7 Å². The second-order valence-corrected chi connectivity index (χ2v) is 9.36. The zero-order valence-corrected chi connectivity index (χ0v) is 16.4. The normalized spacial score (nSPS) is 18.9. The summed E-state index contributed by atoms with van der Waals surface area (Å²) >= 11 is 6.16. The van der Waals surface area contributed by atoms with E-state index < -0.39 is 27.4 Å². The number of benzene rings is 1. The van der Waals surface area contributed by atoms with E-state index in [9.17, 15) is 0 Å². The summed E-state index contributed by atoms with van der Waals surface area (Å²) in [5, 5.41) is 0.643. The standard InChI is InChI=1S/C17H23BClO3Si/c1-16(2)17(3,4)22-18(21-16)15-12-14(19)10-9-13(15)8-7-11-20-23(5)6/h9-10,12H,11H2,1-6H3. The first-order valence-electron chi connectivity index (χ1n) is 7.69. The monoisotopic (exact) mass is 349 g/mol. The van der Waals surface area contributed by atoms with Crippen molar-refractivity contribution in [1.82, 2.24) is 0 Å². The van der Waals surface area contributed by atoms with Crippen LogP contribution >= 0.6 is 11.6 Å². The lowest BCUT2D eigenvalue weighted by Crippen LogP contribution is -2.41. The van der Waals surface area contributed by atoms with E-state index in [1.165, 1.54) is 0 Å². The minimum Gasteiger partial charge on any atom is -0.406 e. The summed E-state index contributed by atoms with van der Waals surface area (Å²) in [6.07, 6.45) is 0. The third kappa shape index (κ3) is 4.40. The first-order chi connectivity index (χ1) is 10.6. The van der Waals surface area contributed by atoms with E-state index >= 15 is 0 Å². The smallest absolute Gasteiger partial charge is 0.406 e. The molecule has 1 aliphatic rings. The Hall–Kier alpha value is -0.768. The van der Waals surface area contributed by atoms with Crippen LogP contribution in [0.25, 0.3) is 0 Å². The second-order valence-electron chi connectivity index (χ2n) is 6.82. The van der Waals surface area contributed by atoms with Gasteiger partial charge in [-0.1, -0.05) is 23.4 Å². The van der Waals surface area contributed by atoms with Gasteiger partial charge in [0.05, 0.1) is 17.8 Å². The molecule has 6 heteroatoms. The third-order valence-corrected chi connectivity index (χ3v) is 5.13. The quantitative estimate of drug-likeness (QED) is 0.619. The molecule has 1 aromatic rings. The maximum atomic E-state index is 6.16. The van der Waals surface area contributed by atoms with Crippen LogP contribution in [0.3, 0.4) is 0 Å². The molecule has 0 unspecified atom stereocenters. The van der Waals surface area contributed by atoms with Gasteiger partial charge in [-0.05, 0) is 64.5 Å². The minimum absolute atomic E-state index is 0.393. The van der Waals surface area contributed by atoms with Gasteiger partial charge in [-0.15, -0.1) is 0 Å². The lowest BCUT2D eigenvalue weighted by atomic mass is 9.76. The first kappa shape index (κ1) is 18.6. The first-order valence-corrected chi connectivity index (χ1v) is 10.5. The number of rotatable bonds is 3. The minimum atomic E-state index is -0.724. The van der Waals surface area contributed by atoms with Crippen molar-refractivity contribution in [1.29, 1.82) is 0 Å². The van der Waals surface area contributed by atoms with Gasteiger partial charge in [0.1, 0.15) is 0 Å². The van der Waals surface area contributed by atoms with Crippen LogP contribution in [0.2, 0.25) is 18.1 Å². The van der Waals surface area contributed by atoms with Crippen LogP contribution in [0.5, 0.6) is 0 Å². The molecular formula is C17H23BClO3Si. The summed E-state index contributed by atoms with van der Waals surface area (Å²) in [6, 6.07) is 5.60. The Morgan fingerprint density at radius 2 is 1.78 bits per heavy atom. The van der Waals surface area contributed by atoms with Gasteiger partial charge in [0.2, 0.25) is 9.04 Å². The van der Waals surface area contributed by atoms with Gasteiger partial charge >= 0.3 is 7.12 Å². The molecule has 2 rings (SSSR count). The second kappa shape index (κ2) is 7.00. The van der Waals surface area contributed by atoms with Gasteiger partial charge in [-0.25, -0.2) is 0 Å². The molecule has 1 heterocycles. The number of halogens is 1. The van der Waals surface area contributed by atoms with Crippen LogP contribution in [0.4, 0.5) is 0 Å². The topological polar surface area (TPSA) is 27.7 Å². The van der Waals surface area contributed by atoms with Crippen molar-refractivity contribution < 1.29 is 13.7 Å². The Balaban J connectivity index is 2.27. The van der Waals surface area contributed by atoms with Crippen molar-refractivity contribution in [3.05, 3.63) is 28.8 Å². The molecule has 123 valence electrons.